The summed E-state index contributed by atoms with van der Waals surface area (Å²) in [7, 11) is 0. The third-order valence-corrected chi connectivity index (χ3v) is 6.96. The number of hydrogen-bond acceptors (Lipinski definition) is 4. The van der Waals surface area contributed by atoms with Crippen LogP contribution in [0.2, 0.25) is 0 Å². The lowest BCUT2D eigenvalue weighted by Crippen LogP contribution is -2.57. The Morgan fingerprint density at radius 2 is 1.75 bits per heavy atom. The molecule has 0 bridgehead atoms. The molecule has 0 spiro atoms. The number of amides is 1. The predicted octanol–water partition coefficient (Wildman–Crippen LogP) is 1.34. The van der Waals surface area contributed by atoms with E-state index in [2.05, 4.69) is 4.90 Å². The van der Waals surface area contributed by atoms with E-state index in [1.807, 2.05) is 4.90 Å². The van der Waals surface area contributed by atoms with Crippen molar-refractivity contribution >= 4 is 11.9 Å². The highest BCUT2D eigenvalue weighted by Crippen LogP contribution is 2.45. The second kappa shape index (κ2) is 5.99. The molecule has 4 rings (SSSR count). The minimum Gasteiger partial charge on any atom is -0.481 e. The molecule has 0 aromatic rings. The molecular weight excluding hydrogens is 308 g/mol. The van der Waals surface area contributed by atoms with E-state index in [1.165, 1.54) is 12.8 Å². The summed E-state index contributed by atoms with van der Waals surface area (Å²) in [5.74, 6) is -0.630. The summed E-state index contributed by atoms with van der Waals surface area (Å²) in [5, 5.41) is 9.84. The van der Waals surface area contributed by atoms with Crippen LogP contribution in [0.5, 0.6) is 0 Å². The number of carboxylic acids is 1. The minimum atomic E-state index is -0.793. The molecule has 6 nitrogen and oxygen atoms in total. The lowest BCUT2D eigenvalue weighted by Gasteiger charge is -2.40. The van der Waals surface area contributed by atoms with Gasteiger partial charge >= 0.3 is 5.97 Å². The normalized spacial score (nSPS) is 36.0. The Balaban J connectivity index is 1.59. The molecule has 1 aliphatic carbocycles. The fraction of sp³-hybridized carbons (Fsp3) is 0.889. The molecular formula is C18H28N2O4. The van der Waals surface area contributed by atoms with E-state index in [9.17, 15) is 14.7 Å². The molecule has 24 heavy (non-hydrogen) atoms. The first-order valence-electron chi connectivity index (χ1n) is 9.44. The van der Waals surface area contributed by atoms with Crippen molar-refractivity contribution < 1.29 is 19.4 Å². The van der Waals surface area contributed by atoms with Gasteiger partial charge in [-0.05, 0) is 45.2 Å². The van der Waals surface area contributed by atoms with Crippen LogP contribution in [0.3, 0.4) is 0 Å². The molecule has 0 unspecified atom stereocenters. The van der Waals surface area contributed by atoms with Gasteiger partial charge in [-0.1, -0.05) is 12.8 Å². The van der Waals surface area contributed by atoms with Gasteiger partial charge in [0.05, 0.1) is 12.0 Å². The lowest BCUT2D eigenvalue weighted by molar-refractivity contribution is -0.157. The number of aliphatic carboxylic acids is 1. The number of hydrogen-bond donors (Lipinski definition) is 1. The Labute approximate surface area is 143 Å². The second-order valence-electron chi connectivity index (χ2n) is 8.10. The van der Waals surface area contributed by atoms with Crippen LogP contribution >= 0.6 is 0 Å². The van der Waals surface area contributed by atoms with E-state index < -0.39 is 11.4 Å². The van der Waals surface area contributed by atoms with Crippen LogP contribution in [0.1, 0.15) is 44.9 Å². The van der Waals surface area contributed by atoms with E-state index in [1.54, 1.807) is 0 Å². The zero-order valence-corrected chi connectivity index (χ0v) is 14.3. The summed E-state index contributed by atoms with van der Waals surface area (Å²) in [4.78, 5) is 29.8. The van der Waals surface area contributed by atoms with Crippen LogP contribution in [0.4, 0.5) is 0 Å². The third kappa shape index (κ3) is 2.30. The van der Waals surface area contributed by atoms with Crippen molar-refractivity contribution in [1.82, 2.24) is 9.80 Å². The van der Waals surface area contributed by atoms with Crippen molar-refractivity contribution in [2.45, 2.75) is 50.5 Å². The third-order valence-electron chi connectivity index (χ3n) is 6.96. The summed E-state index contributed by atoms with van der Waals surface area (Å²) < 4.78 is 5.53. The van der Waals surface area contributed by atoms with Gasteiger partial charge in [0, 0.05) is 25.6 Å². The average Bonchev–Trinajstić information content (AvgIpc) is 3.31. The summed E-state index contributed by atoms with van der Waals surface area (Å²) in [6.07, 6.45) is 6.94. The summed E-state index contributed by atoms with van der Waals surface area (Å²) in [6.45, 7) is 3.88. The Morgan fingerprint density at radius 1 is 1.04 bits per heavy atom. The Bertz CT molecular complexity index is 525. The summed E-state index contributed by atoms with van der Waals surface area (Å²) >= 11 is 0. The zero-order valence-electron chi connectivity index (χ0n) is 14.3. The number of nitrogens with zero attached hydrogens (tertiary/aromatic N) is 2. The van der Waals surface area contributed by atoms with Gasteiger partial charge in [0.2, 0.25) is 5.91 Å². The maximum Gasteiger partial charge on any atom is 0.311 e. The maximum absolute atomic E-state index is 13.5. The highest BCUT2D eigenvalue weighted by molar-refractivity contribution is 5.88. The smallest absolute Gasteiger partial charge is 0.311 e. The van der Waals surface area contributed by atoms with Crippen LogP contribution in [0.25, 0.3) is 0 Å². The van der Waals surface area contributed by atoms with Crippen molar-refractivity contribution in [3.8, 4) is 0 Å². The molecule has 1 saturated carbocycles. The standard InChI is InChI=1S/C18H28N2O4/c21-15(18(5-1-2-6-18)20-8-3-4-9-20)19-11-14-12-24-10-7-17(14,13-19)16(22)23/h14H,1-13H2,(H,22,23)/t14-,17+/m1/s1. The Kier molecular flexibility index (Phi) is 4.07. The Morgan fingerprint density at radius 3 is 2.38 bits per heavy atom. The molecule has 4 aliphatic rings. The van der Waals surface area contributed by atoms with Crippen molar-refractivity contribution in [2.75, 3.05) is 39.4 Å². The van der Waals surface area contributed by atoms with Gasteiger partial charge in [0.25, 0.3) is 0 Å². The SMILES string of the molecule is O=C(N1C[C@@H]2COCC[C@]2(C(=O)O)C1)C1(N2CCCC2)CCCC1. The van der Waals surface area contributed by atoms with Gasteiger partial charge in [0.15, 0.2) is 0 Å². The fourth-order valence-electron chi connectivity index (χ4n) is 5.52. The number of carbonyl (C=O) groups excluding carboxylic acids is 1. The summed E-state index contributed by atoms with van der Waals surface area (Å²) in [6, 6.07) is 0. The summed E-state index contributed by atoms with van der Waals surface area (Å²) in [5.41, 5.74) is -1.15. The van der Waals surface area contributed by atoms with Gasteiger partial charge < -0.3 is 14.7 Å². The van der Waals surface area contributed by atoms with E-state index in [4.69, 9.17) is 4.74 Å². The quantitative estimate of drug-likeness (QED) is 0.842. The largest absolute Gasteiger partial charge is 0.481 e. The van der Waals surface area contributed by atoms with Crippen LogP contribution in [-0.4, -0.2) is 71.7 Å². The fourth-order valence-corrected chi connectivity index (χ4v) is 5.52. The minimum absolute atomic E-state index is 0.0651. The number of carbonyl (C=O) groups is 2. The topological polar surface area (TPSA) is 70.1 Å². The van der Waals surface area contributed by atoms with Crippen LogP contribution in [-0.2, 0) is 14.3 Å². The van der Waals surface area contributed by atoms with Gasteiger partial charge in [0.1, 0.15) is 5.54 Å². The van der Waals surface area contributed by atoms with Gasteiger partial charge in [-0.15, -0.1) is 0 Å². The monoisotopic (exact) mass is 336 g/mol. The Hall–Kier alpha value is -1.14. The molecule has 6 heteroatoms. The molecule has 3 saturated heterocycles. The van der Waals surface area contributed by atoms with Crippen molar-refractivity contribution in [1.29, 1.82) is 0 Å². The van der Waals surface area contributed by atoms with E-state index in [0.29, 0.717) is 32.7 Å². The molecule has 1 N–H and O–H groups in total. The highest BCUT2D eigenvalue weighted by Gasteiger charge is 2.58. The molecule has 4 fully saturated rings. The first-order valence-corrected chi connectivity index (χ1v) is 9.44. The zero-order chi connectivity index (χ0) is 16.8. The maximum atomic E-state index is 13.5. The number of rotatable bonds is 3. The lowest BCUT2D eigenvalue weighted by atomic mass is 9.74. The van der Waals surface area contributed by atoms with Gasteiger partial charge in [-0.3, -0.25) is 14.5 Å². The first-order chi connectivity index (χ1) is 11.6. The van der Waals surface area contributed by atoms with Crippen molar-refractivity contribution in [3.63, 3.8) is 0 Å². The number of likely N-dealkylation sites (tertiary alicyclic amines) is 2. The highest BCUT2D eigenvalue weighted by atomic mass is 16.5. The second-order valence-corrected chi connectivity index (χ2v) is 8.10. The van der Waals surface area contributed by atoms with Crippen LogP contribution < -0.4 is 0 Å². The average molecular weight is 336 g/mol. The molecule has 3 aliphatic heterocycles. The van der Waals surface area contributed by atoms with E-state index >= 15 is 0 Å². The first kappa shape index (κ1) is 16.3. The molecule has 3 heterocycles. The molecule has 2 atom stereocenters. The molecule has 0 aromatic carbocycles. The molecule has 0 radical (unpaired) electrons. The van der Waals surface area contributed by atoms with Crippen molar-refractivity contribution in [2.24, 2.45) is 11.3 Å². The van der Waals surface area contributed by atoms with Crippen LogP contribution in [0.15, 0.2) is 0 Å². The number of ether oxygens (including phenoxy) is 1. The van der Waals surface area contributed by atoms with E-state index in [0.717, 1.165) is 38.8 Å². The van der Waals surface area contributed by atoms with Gasteiger partial charge in [-0.2, -0.15) is 0 Å². The number of fused-ring (bicyclic) bond motifs is 1. The van der Waals surface area contributed by atoms with Gasteiger partial charge in [-0.25, -0.2) is 0 Å². The molecule has 0 aromatic heterocycles. The van der Waals surface area contributed by atoms with Crippen molar-refractivity contribution in [3.05, 3.63) is 0 Å². The molecule has 134 valence electrons. The van der Waals surface area contributed by atoms with E-state index in [-0.39, 0.29) is 17.4 Å². The van der Waals surface area contributed by atoms with Crippen LogP contribution in [0, 0.1) is 11.3 Å². The predicted molar refractivity (Wildman–Crippen MR) is 87.6 cm³/mol. The molecule has 1 amide bonds. The number of carboxylic acid groups (broad SMARTS) is 1.